The minimum Gasteiger partial charge on any atom is -0.326 e. The molecule has 1 unspecified atom stereocenters. The van der Waals surface area contributed by atoms with Crippen molar-refractivity contribution in [2.24, 2.45) is 0 Å². The zero-order chi connectivity index (χ0) is 26.3. The molecule has 37 heavy (non-hydrogen) atoms. The van der Waals surface area contributed by atoms with E-state index in [1.165, 1.54) is 23.9 Å². The second kappa shape index (κ2) is 11.8. The summed E-state index contributed by atoms with van der Waals surface area (Å²) in [6.07, 6.45) is -4.29. The lowest BCUT2D eigenvalue weighted by molar-refractivity contribution is -0.137. The van der Waals surface area contributed by atoms with E-state index < -0.39 is 22.9 Å². The molecule has 4 aromatic carbocycles. The average molecular weight is 521 g/mol. The molecule has 8 heteroatoms. The Morgan fingerprint density at radius 3 is 2.03 bits per heavy atom. The van der Waals surface area contributed by atoms with Crippen LogP contribution in [0.4, 0.5) is 24.5 Å². The molecule has 4 nitrogen and oxygen atoms in total. The van der Waals surface area contributed by atoms with E-state index >= 15 is 0 Å². The molecule has 1 atom stereocenters. The summed E-state index contributed by atoms with van der Waals surface area (Å²) in [7, 11) is 0. The first-order valence-electron chi connectivity index (χ1n) is 11.4. The van der Waals surface area contributed by atoms with Gasteiger partial charge in [-0.05, 0) is 47.5 Å². The summed E-state index contributed by atoms with van der Waals surface area (Å²) in [4.78, 5) is 26.5. The number of carbonyl (C=O) groups excluding carboxylic acids is 2. The van der Waals surface area contributed by atoms with E-state index in [1.807, 2.05) is 42.5 Å². The third-order valence-electron chi connectivity index (χ3n) is 5.38. The number of amides is 2. The zero-order valence-electron chi connectivity index (χ0n) is 19.5. The number of rotatable bonds is 8. The van der Waals surface area contributed by atoms with E-state index in [1.54, 1.807) is 42.5 Å². The van der Waals surface area contributed by atoms with Crippen LogP contribution in [-0.4, -0.2) is 11.8 Å². The van der Waals surface area contributed by atoms with Crippen LogP contribution in [0.25, 0.3) is 0 Å². The first-order chi connectivity index (χ1) is 17.8. The van der Waals surface area contributed by atoms with E-state index in [0.717, 1.165) is 17.7 Å². The lowest BCUT2D eigenvalue weighted by Crippen LogP contribution is -2.19. The Labute approximate surface area is 216 Å². The highest BCUT2D eigenvalue weighted by Gasteiger charge is 2.31. The third kappa shape index (κ3) is 7.47. The zero-order valence-corrected chi connectivity index (χ0v) is 20.4. The summed E-state index contributed by atoms with van der Waals surface area (Å²) in [5, 5.41) is 4.75. The second-order valence-electron chi connectivity index (χ2n) is 8.21. The molecule has 2 N–H and O–H groups in total. The highest BCUT2D eigenvalue weighted by molar-refractivity contribution is 8.00. The van der Waals surface area contributed by atoms with Gasteiger partial charge in [0.15, 0.2) is 0 Å². The van der Waals surface area contributed by atoms with Gasteiger partial charge in [-0.3, -0.25) is 9.59 Å². The van der Waals surface area contributed by atoms with Crippen molar-refractivity contribution in [3.63, 3.8) is 0 Å². The van der Waals surface area contributed by atoms with Crippen molar-refractivity contribution in [2.45, 2.75) is 22.7 Å². The molecule has 2 amide bonds. The first kappa shape index (κ1) is 26.0. The Hall–Kier alpha value is -4.04. The first-order valence-corrected chi connectivity index (χ1v) is 12.3. The third-order valence-corrected chi connectivity index (χ3v) is 6.63. The molecule has 0 aromatic heterocycles. The monoisotopic (exact) mass is 520 g/mol. The number of anilines is 2. The minimum absolute atomic E-state index is 0.0586. The molecule has 4 rings (SSSR count). The molecule has 0 aliphatic rings. The van der Waals surface area contributed by atoms with E-state index in [2.05, 4.69) is 10.6 Å². The number of nitrogens with one attached hydrogen (secondary N) is 2. The van der Waals surface area contributed by atoms with Gasteiger partial charge in [0.25, 0.3) is 0 Å². The largest absolute Gasteiger partial charge is 0.416 e. The van der Waals surface area contributed by atoms with Crippen molar-refractivity contribution in [1.29, 1.82) is 0 Å². The van der Waals surface area contributed by atoms with E-state index in [-0.39, 0.29) is 18.0 Å². The molecule has 0 aliphatic heterocycles. The fraction of sp³-hybridized carbons (Fsp3) is 0.103. The number of hydrogen-bond donors (Lipinski definition) is 2. The van der Waals surface area contributed by atoms with Crippen molar-refractivity contribution in [2.75, 3.05) is 10.6 Å². The molecular formula is C29H23F3N2O2S. The van der Waals surface area contributed by atoms with Crippen molar-refractivity contribution in [1.82, 2.24) is 0 Å². The maximum absolute atomic E-state index is 13.3. The molecular weight excluding hydrogens is 497 g/mol. The minimum atomic E-state index is -4.51. The van der Waals surface area contributed by atoms with E-state index in [4.69, 9.17) is 0 Å². The normalized spacial score (nSPS) is 12.0. The van der Waals surface area contributed by atoms with E-state index in [9.17, 15) is 22.8 Å². The van der Waals surface area contributed by atoms with Crippen molar-refractivity contribution >= 4 is 35.0 Å². The van der Waals surface area contributed by atoms with Crippen LogP contribution in [0.1, 0.15) is 21.9 Å². The van der Waals surface area contributed by atoms with Crippen LogP contribution in [0.3, 0.4) is 0 Å². The molecule has 0 heterocycles. The van der Waals surface area contributed by atoms with Crippen LogP contribution >= 0.6 is 11.8 Å². The number of halogens is 3. The highest BCUT2D eigenvalue weighted by Crippen LogP contribution is 2.38. The maximum atomic E-state index is 13.3. The second-order valence-corrected chi connectivity index (χ2v) is 9.39. The summed E-state index contributed by atoms with van der Waals surface area (Å²) < 4.78 is 39.4. The van der Waals surface area contributed by atoms with Crippen LogP contribution in [0.2, 0.25) is 0 Å². The Kier molecular flexibility index (Phi) is 8.30. The smallest absolute Gasteiger partial charge is 0.326 e. The number of benzene rings is 4. The lowest BCUT2D eigenvalue weighted by Gasteiger charge is -2.18. The molecule has 0 saturated heterocycles. The topological polar surface area (TPSA) is 58.2 Å². The summed E-state index contributed by atoms with van der Waals surface area (Å²) >= 11 is 1.24. The summed E-state index contributed by atoms with van der Waals surface area (Å²) in [6, 6.07) is 30.0. The van der Waals surface area contributed by atoms with Gasteiger partial charge in [-0.15, -0.1) is 11.8 Å². The molecule has 4 aromatic rings. The quantitative estimate of drug-likeness (QED) is 0.239. The van der Waals surface area contributed by atoms with Crippen LogP contribution < -0.4 is 10.6 Å². The van der Waals surface area contributed by atoms with Gasteiger partial charge >= 0.3 is 6.18 Å². The average Bonchev–Trinajstić information content (AvgIpc) is 2.88. The van der Waals surface area contributed by atoms with Crippen LogP contribution in [0.5, 0.6) is 0 Å². The van der Waals surface area contributed by atoms with Gasteiger partial charge in [0.05, 0.1) is 12.0 Å². The van der Waals surface area contributed by atoms with Gasteiger partial charge in [0, 0.05) is 16.3 Å². The summed E-state index contributed by atoms with van der Waals surface area (Å²) in [5.74, 6) is -0.635. The molecule has 0 bridgehead atoms. The van der Waals surface area contributed by atoms with Gasteiger partial charge in [0.1, 0.15) is 5.25 Å². The summed E-state index contributed by atoms with van der Waals surface area (Å²) in [6.45, 7) is 0. The number of carbonyl (C=O) groups is 2. The van der Waals surface area contributed by atoms with Crippen molar-refractivity contribution in [3.8, 4) is 0 Å². The van der Waals surface area contributed by atoms with Crippen LogP contribution in [-0.2, 0) is 22.2 Å². The Morgan fingerprint density at radius 2 is 1.35 bits per heavy atom. The number of alkyl halides is 3. The summed E-state index contributed by atoms with van der Waals surface area (Å²) in [5.41, 5.74) is 1.38. The van der Waals surface area contributed by atoms with E-state index in [0.29, 0.717) is 16.1 Å². The van der Waals surface area contributed by atoms with Crippen molar-refractivity contribution in [3.05, 3.63) is 126 Å². The van der Waals surface area contributed by atoms with Crippen LogP contribution in [0, 0.1) is 0 Å². The van der Waals surface area contributed by atoms with Gasteiger partial charge in [-0.1, -0.05) is 72.8 Å². The number of thioether (sulfide) groups is 1. The van der Waals surface area contributed by atoms with Gasteiger partial charge in [-0.2, -0.15) is 13.2 Å². The van der Waals surface area contributed by atoms with Gasteiger partial charge < -0.3 is 10.6 Å². The Balaban J connectivity index is 1.51. The molecule has 188 valence electrons. The van der Waals surface area contributed by atoms with Gasteiger partial charge in [-0.25, -0.2) is 0 Å². The molecule has 0 fully saturated rings. The van der Waals surface area contributed by atoms with Crippen LogP contribution in [0.15, 0.2) is 114 Å². The van der Waals surface area contributed by atoms with Gasteiger partial charge in [0.2, 0.25) is 11.8 Å². The Bertz CT molecular complexity index is 1360. The Morgan fingerprint density at radius 1 is 0.730 bits per heavy atom. The highest BCUT2D eigenvalue weighted by atomic mass is 32.2. The standard InChI is InChI=1S/C29H23F3N2O2S/c30-29(31,32)22-13-7-14-23(18-22)34-28(36)27(21-11-5-2-6-12-21)37-25-16-8-15-24(19-25)33-26(35)17-20-9-3-1-4-10-20/h1-16,18-19,27H,17H2,(H,33,35)(H,34,36). The molecule has 0 radical (unpaired) electrons. The molecule has 0 saturated carbocycles. The maximum Gasteiger partial charge on any atom is 0.416 e. The molecule has 0 aliphatic carbocycles. The SMILES string of the molecule is O=C(Cc1ccccc1)Nc1cccc(SC(C(=O)Nc2cccc(C(F)(F)F)c2)c2ccccc2)c1. The predicted octanol–water partition coefficient (Wildman–Crippen LogP) is 7.36. The fourth-order valence-corrected chi connectivity index (χ4v) is 4.74. The number of hydrogen-bond acceptors (Lipinski definition) is 3. The molecule has 0 spiro atoms. The van der Waals surface area contributed by atoms with Crippen molar-refractivity contribution < 1.29 is 22.8 Å². The predicted molar refractivity (Wildman–Crippen MR) is 140 cm³/mol. The fourth-order valence-electron chi connectivity index (χ4n) is 3.65. The lowest BCUT2D eigenvalue weighted by atomic mass is 10.1.